The predicted octanol–water partition coefficient (Wildman–Crippen LogP) is 0.314. The van der Waals surface area contributed by atoms with Crippen LogP contribution in [0.15, 0.2) is 12.1 Å². The van der Waals surface area contributed by atoms with Gasteiger partial charge in [0.05, 0.1) is 20.1 Å². The van der Waals surface area contributed by atoms with E-state index in [9.17, 15) is 14.7 Å². The molecule has 0 aliphatic carbocycles. The first-order valence-electron chi connectivity index (χ1n) is 5.38. The van der Waals surface area contributed by atoms with E-state index in [1.807, 2.05) is 0 Å². The van der Waals surface area contributed by atoms with E-state index >= 15 is 0 Å². The minimum absolute atomic E-state index is 0.141. The normalized spacial score (nSPS) is 11.7. The minimum Gasteiger partial charge on any atom is -0.507 e. The number of carbonyl (C=O) groups excluding carboxylic acids is 1. The quantitative estimate of drug-likeness (QED) is 0.658. The molecule has 1 aromatic carbocycles. The summed E-state index contributed by atoms with van der Waals surface area (Å²) in [5.41, 5.74) is 5.47. The van der Waals surface area contributed by atoms with Crippen molar-refractivity contribution in [1.82, 2.24) is 0 Å². The fraction of sp³-hybridized carbons (Fsp3) is 0.333. The van der Waals surface area contributed by atoms with E-state index in [0.29, 0.717) is 0 Å². The highest BCUT2D eigenvalue weighted by Gasteiger charge is 2.25. The largest absolute Gasteiger partial charge is 0.507 e. The Bertz CT molecular complexity index is 499. The maximum atomic E-state index is 11.5. The standard InChI is InChI=1S/C12H15NO6/c1-18-10-4-9(14)7(12(17)19-2)3-6(10)8(5-13)11(15)16/h3-4,8,14H,5,13H2,1-2H3,(H,15,16). The van der Waals surface area contributed by atoms with Crippen LogP contribution in [-0.2, 0) is 9.53 Å². The van der Waals surface area contributed by atoms with Gasteiger partial charge in [0.15, 0.2) is 0 Å². The highest BCUT2D eigenvalue weighted by Crippen LogP contribution is 2.33. The summed E-state index contributed by atoms with van der Waals surface area (Å²) in [6.45, 7) is -0.170. The SMILES string of the molecule is COC(=O)c1cc(C(CN)C(=O)O)c(OC)cc1O. The fourth-order valence-corrected chi connectivity index (χ4v) is 1.67. The molecule has 0 saturated heterocycles. The van der Waals surface area contributed by atoms with Gasteiger partial charge >= 0.3 is 11.9 Å². The molecule has 0 aliphatic rings. The summed E-state index contributed by atoms with van der Waals surface area (Å²) in [5.74, 6) is -3.18. The van der Waals surface area contributed by atoms with Gasteiger partial charge in [-0.25, -0.2) is 4.79 Å². The maximum absolute atomic E-state index is 11.5. The summed E-state index contributed by atoms with van der Waals surface area (Å²) in [7, 11) is 2.48. The number of nitrogens with two attached hydrogens (primary N) is 1. The Morgan fingerprint density at radius 3 is 2.42 bits per heavy atom. The van der Waals surface area contributed by atoms with Gasteiger partial charge in [-0.1, -0.05) is 0 Å². The number of methoxy groups -OCH3 is 2. The van der Waals surface area contributed by atoms with Crippen molar-refractivity contribution in [2.75, 3.05) is 20.8 Å². The molecule has 0 bridgehead atoms. The van der Waals surface area contributed by atoms with Crippen LogP contribution < -0.4 is 10.5 Å². The molecule has 0 heterocycles. The Kier molecular flexibility index (Phi) is 4.71. The van der Waals surface area contributed by atoms with Crippen LogP contribution in [0, 0.1) is 0 Å². The molecule has 19 heavy (non-hydrogen) atoms. The van der Waals surface area contributed by atoms with E-state index in [1.165, 1.54) is 13.2 Å². The zero-order chi connectivity index (χ0) is 14.6. The highest BCUT2D eigenvalue weighted by atomic mass is 16.5. The Balaban J connectivity index is 3.43. The molecule has 4 N–H and O–H groups in total. The average molecular weight is 269 g/mol. The Labute approximate surface area is 109 Å². The van der Waals surface area contributed by atoms with Gasteiger partial charge in [0.2, 0.25) is 0 Å². The average Bonchev–Trinajstić information content (AvgIpc) is 2.39. The molecule has 0 fully saturated rings. The number of phenolic OH excluding ortho intramolecular Hbond substituents is 1. The minimum atomic E-state index is -1.15. The van der Waals surface area contributed by atoms with Gasteiger partial charge in [-0.3, -0.25) is 4.79 Å². The summed E-state index contributed by atoms with van der Waals surface area (Å²) >= 11 is 0. The summed E-state index contributed by atoms with van der Waals surface area (Å²) in [6, 6.07) is 2.37. The van der Waals surface area contributed by atoms with Crippen molar-refractivity contribution in [2.24, 2.45) is 5.73 Å². The second-order valence-corrected chi connectivity index (χ2v) is 3.73. The number of carboxylic acid groups (broad SMARTS) is 1. The molecule has 0 amide bonds. The van der Waals surface area contributed by atoms with Gasteiger partial charge < -0.3 is 25.4 Å². The third-order valence-corrected chi connectivity index (χ3v) is 2.66. The van der Waals surface area contributed by atoms with E-state index in [4.69, 9.17) is 15.6 Å². The van der Waals surface area contributed by atoms with Crippen LogP contribution in [0.4, 0.5) is 0 Å². The monoisotopic (exact) mass is 269 g/mol. The number of rotatable bonds is 5. The zero-order valence-electron chi connectivity index (χ0n) is 10.5. The lowest BCUT2D eigenvalue weighted by atomic mass is 9.95. The smallest absolute Gasteiger partial charge is 0.341 e. The summed E-state index contributed by atoms with van der Waals surface area (Å²) in [4.78, 5) is 22.6. The lowest BCUT2D eigenvalue weighted by Crippen LogP contribution is -2.22. The van der Waals surface area contributed by atoms with E-state index in [2.05, 4.69) is 4.74 Å². The first-order chi connectivity index (χ1) is 8.96. The van der Waals surface area contributed by atoms with Gasteiger partial charge in [-0.15, -0.1) is 0 Å². The number of benzene rings is 1. The van der Waals surface area contributed by atoms with Crippen molar-refractivity contribution in [1.29, 1.82) is 0 Å². The summed E-state index contributed by atoms with van der Waals surface area (Å²) in [5, 5.41) is 18.8. The van der Waals surface area contributed by atoms with Gasteiger partial charge in [0, 0.05) is 18.2 Å². The molecular formula is C12H15NO6. The number of aromatic hydroxyl groups is 1. The van der Waals surface area contributed by atoms with Crippen molar-refractivity contribution in [3.63, 3.8) is 0 Å². The van der Waals surface area contributed by atoms with Crippen molar-refractivity contribution >= 4 is 11.9 Å². The Morgan fingerprint density at radius 1 is 1.37 bits per heavy atom. The number of hydrogen-bond acceptors (Lipinski definition) is 6. The van der Waals surface area contributed by atoms with Gasteiger partial charge in [0.1, 0.15) is 17.1 Å². The molecule has 0 saturated carbocycles. The first-order valence-corrected chi connectivity index (χ1v) is 5.38. The number of phenols is 1. The van der Waals surface area contributed by atoms with Gasteiger partial charge in [-0.05, 0) is 6.07 Å². The van der Waals surface area contributed by atoms with Crippen molar-refractivity contribution < 1.29 is 29.3 Å². The molecular weight excluding hydrogens is 254 g/mol. The van der Waals surface area contributed by atoms with Crippen LogP contribution in [-0.4, -0.2) is 42.9 Å². The third kappa shape index (κ3) is 2.94. The molecule has 0 aromatic heterocycles. The second kappa shape index (κ2) is 6.05. The van der Waals surface area contributed by atoms with E-state index in [-0.39, 0.29) is 29.2 Å². The van der Waals surface area contributed by atoms with Crippen molar-refractivity contribution in [3.8, 4) is 11.5 Å². The number of carboxylic acids is 1. The number of aliphatic carboxylic acids is 1. The first kappa shape index (κ1) is 14.8. The number of esters is 1. The van der Waals surface area contributed by atoms with Crippen LogP contribution in [0.3, 0.4) is 0 Å². The zero-order valence-corrected chi connectivity index (χ0v) is 10.5. The molecule has 7 heteroatoms. The van der Waals surface area contributed by atoms with Gasteiger partial charge in [-0.2, -0.15) is 0 Å². The van der Waals surface area contributed by atoms with E-state index in [0.717, 1.165) is 13.2 Å². The number of carbonyl (C=O) groups is 2. The van der Waals surface area contributed by atoms with E-state index in [1.54, 1.807) is 0 Å². The highest BCUT2D eigenvalue weighted by molar-refractivity contribution is 5.93. The number of hydrogen-bond donors (Lipinski definition) is 3. The molecule has 0 radical (unpaired) electrons. The molecule has 1 aromatic rings. The predicted molar refractivity (Wildman–Crippen MR) is 65.4 cm³/mol. The molecule has 0 aliphatic heterocycles. The topological polar surface area (TPSA) is 119 Å². The van der Waals surface area contributed by atoms with Crippen LogP contribution >= 0.6 is 0 Å². The van der Waals surface area contributed by atoms with Crippen LogP contribution in [0.2, 0.25) is 0 Å². The fourth-order valence-electron chi connectivity index (χ4n) is 1.67. The Hall–Kier alpha value is -2.28. The third-order valence-electron chi connectivity index (χ3n) is 2.66. The lowest BCUT2D eigenvalue weighted by Gasteiger charge is -2.16. The maximum Gasteiger partial charge on any atom is 0.341 e. The number of ether oxygens (including phenoxy) is 2. The molecule has 1 atom stereocenters. The van der Waals surface area contributed by atoms with Crippen LogP contribution in [0.5, 0.6) is 11.5 Å². The lowest BCUT2D eigenvalue weighted by molar-refractivity contribution is -0.138. The van der Waals surface area contributed by atoms with Crippen LogP contribution in [0.1, 0.15) is 21.8 Å². The molecule has 7 nitrogen and oxygen atoms in total. The molecule has 1 unspecified atom stereocenters. The van der Waals surface area contributed by atoms with Crippen LogP contribution in [0.25, 0.3) is 0 Å². The van der Waals surface area contributed by atoms with Crippen molar-refractivity contribution in [2.45, 2.75) is 5.92 Å². The van der Waals surface area contributed by atoms with Crippen molar-refractivity contribution in [3.05, 3.63) is 23.3 Å². The van der Waals surface area contributed by atoms with Gasteiger partial charge in [0.25, 0.3) is 0 Å². The summed E-state index contributed by atoms with van der Waals surface area (Å²) in [6.07, 6.45) is 0. The Morgan fingerprint density at radius 2 is 2.00 bits per heavy atom. The molecule has 104 valence electrons. The molecule has 0 spiro atoms. The summed E-state index contributed by atoms with van der Waals surface area (Å²) < 4.78 is 9.50. The second-order valence-electron chi connectivity index (χ2n) is 3.73. The molecule has 1 rings (SSSR count). The van der Waals surface area contributed by atoms with E-state index < -0.39 is 17.9 Å².